The lowest BCUT2D eigenvalue weighted by atomic mass is 9.98. The molecular formula is C24H35N7OS. The average Bonchev–Trinajstić information content (AvgIpc) is 3.44. The highest BCUT2D eigenvalue weighted by Gasteiger charge is 2.17. The number of aromatic nitrogens is 4. The van der Waals surface area contributed by atoms with Gasteiger partial charge in [0.1, 0.15) is 22.3 Å². The predicted octanol–water partition coefficient (Wildman–Crippen LogP) is 4.56. The number of nitrogens with zero attached hydrogens (tertiary/aromatic N) is 4. The van der Waals surface area contributed by atoms with Gasteiger partial charge in [-0.15, -0.1) is 11.3 Å². The molecule has 4 heterocycles. The number of anilines is 2. The molecule has 0 saturated carbocycles. The van der Waals surface area contributed by atoms with Crippen molar-refractivity contribution in [3.63, 3.8) is 0 Å². The molecule has 9 heteroatoms. The summed E-state index contributed by atoms with van der Waals surface area (Å²) in [5, 5.41) is 17.8. The first-order chi connectivity index (χ1) is 15.9. The van der Waals surface area contributed by atoms with E-state index in [0.29, 0.717) is 36.4 Å². The van der Waals surface area contributed by atoms with E-state index in [9.17, 15) is 4.79 Å². The molecule has 0 atom stereocenters. The molecule has 1 aliphatic heterocycles. The third-order valence-electron chi connectivity index (χ3n) is 6.00. The zero-order valence-corrected chi connectivity index (χ0v) is 20.8. The van der Waals surface area contributed by atoms with Crippen LogP contribution in [0.5, 0.6) is 0 Å². The fourth-order valence-electron chi connectivity index (χ4n) is 4.10. The Kier molecular flexibility index (Phi) is 7.60. The van der Waals surface area contributed by atoms with Gasteiger partial charge in [-0.05, 0) is 43.7 Å². The lowest BCUT2D eigenvalue weighted by Gasteiger charge is -2.23. The van der Waals surface area contributed by atoms with Crippen molar-refractivity contribution in [2.45, 2.75) is 59.4 Å². The van der Waals surface area contributed by atoms with Crippen molar-refractivity contribution in [3.8, 4) is 0 Å². The van der Waals surface area contributed by atoms with Crippen LogP contribution in [0.25, 0.3) is 5.65 Å². The number of piperidine rings is 1. The van der Waals surface area contributed by atoms with Gasteiger partial charge in [-0.25, -0.2) is 9.97 Å². The quantitative estimate of drug-likeness (QED) is 0.375. The highest BCUT2D eigenvalue weighted by Crippen LogP contribution is 2.25. The van der Waals surface area contributed by atoms with E-state index in [1.807, 2.05) is 36.0 Å². The Hall–Kier alpha value is -2.52. The van der Waals surface area contributed by atoms with Gasteiger partial charge in [0.15, 0.2) is 11.4 Å². The number of Topliss-reactive ketones (excluding diaryl/α,β-unsaturated/α-hetero) is 1. The molecule has 0 amide bonds. The lowest BCUT2D eigenvalue weighted by Crippen LogP contribution is -2.31. The molecule has 0 spiro atoms. The van der Waals surface area contributed by atoms with Crippen LogP contribution in [0.4, 0.5) is 11.6 Å². The van der Waals surface area contributed by atoms with Crippen LogP contribution in [0, 0.1) is 11.8 Å². The number of thiazole rings is 1. The Labute approximate surface area is 199 Å². The van der Waals surface area contributed by atoms with Crippen LogP contribution in [0.2, 0.25) is 0 Å². The Morgan fingerprint density at radius 1 is 1.21 bits per heavy atom. The summed E-state index contributed by atoms with van der Waals surface area (Å²) < 4.78 is 1.86. The summed E-state index contributed by atoms with van der Waals surface area (Å²) in [5.74, 6) is 3.15. The fraction of sp³-hybridized carbons (Fsp3) is 0.583. The maximum absolute atomic E-state index is 12.3. The van der Waals surface area contributed by atoms with Crippen LogP contribution >= 0.6 is 11.3 Å². The molecule has 8 nitrogen and oxygen atoms in total. The molecule has 0 bridgehead atoms. The van der Waals surface area contributed by atoms with Gasteiger partial charge in [-0.1, -0.05) is 27.7 Å². The van der Waals surface area contributed by atoms with Crippen molar-refractivity contribution < 1.29 is 4.79 Å². The molecule has 0 radical (unpaired) electrons. The Bertz CT molecular complexity index is 1080. The molecule has 0 aliphatic carbocycles. The first-order valence-electron chi connectivity index (χ1n) is 12.0. The maximum atomic E-state index is 12.3. The van der Waals surface area contributed by atoms with E-state index in [1.165, 1.54) is 24.2 Å². The standard InChI is InChI=1S/C24H35N7OS/c1-15(2)9-20(32)19-14-33-23(29-19)13-27-22-10-21(26-11-17-5-7-25-8-6-17)30-24-18(16(3)4)12-28-31(22)24/h10,12,14-17,25,27H,5-9,11,13H2,1-4H3,(H,26,30). The Balaban J connectivity index is 1.52. The summed E-state index contributed by atoms with van der Waals surface area (Å²) in [5.41, 5.74) is 2.56. The second-order valence-corrected chi connectivity index (χ2v) is 10.5. The third kappa shape index (κ3) is 5.89. The normalized spacial score (nSPS) is 15.0. The van der Waals surface area contributed by atoms with Crippen LogP contribution in [0.15, 0.2) is 17.6 Å². The van der Waals surface area contributed by atoms with Crippen molar-refractivity contribution in [3.05, 3.63) is 33.9 Å². The molecule has 0 unspecified atom stereocenters. The number of nitrogens with one attached hydrogen (secondary N) is 3. The van der Waals surface area contributed by atoms with Gasteiger partial charge in [-0.3, -0.25) is 4.79 Å². The maximum Gasteiger partial charge on any atom is 0.182 e. The van der Waals surface area contributed by atoms with E-state index in [2.05, 4.69) is 39.9 Å². The van der Waals surface area contributed by atoms with Gasteiger partial charge in [0.05, 0.1) is 12.7 Å². The summed E-state index contributed by atoms with van der Waals surface area (Å²) in [6.45, 7) is 12.0. The molecule has 33 heavy (non-hydrogen) atoms. The van der Waals surface area contributed by atoms with Crippen LogP contribution in [-0.4, -0.2) is 45.0 Å². The summed E-state index contributed by atoms with van der Waals surface area (Å²) in [6, 6.07) is 2.02. The minimum atomic E-state index is 0.108. The largest absolute Gasteiger partial charge is 0.370 e. The molecule has 1 saturated heterocycles. The number of fused-ring (bicyclic) bond motifs is 1. The molecule has 1 fully saturated rings. The first-order valence-corrected chi connectivity index (χ1v) is 12.8. The van der Waals surface area contributed by atoms with Crippen molar-refractivity contribution >= 4 is 34.4 Å². The minimum Gasteiger partial charge on any atom is -0.370 e. The van der Waals surface area contributed by atoms with Gasteiger partial charge >= 0.3 is 0 Å². The van der Waals surface area contributed by atoms with Gasteiger partial charge in [-0.2, -0.15) is 9.61 Å². The zero-order valence-electron chi connectivity index (χ0n) is 20.0. The monoisotopic (exact) mass is 469 g/mol. The van der Waals surface area contributed by atoms with E-state index in [-0.39, 0.29) is 5.78 Å². The van der Waals surface area contributed by atoms with Crippen LogP contribution in [0.1, 0.15) is 73.9 Å². The molecule has 3 aromatic heterocycles. The van der Waals surface area contributed by atoms with Crippen molar-refractivity contribution in [1.29, 1.82) is 0 Å². The summed E-state index contributed by atoms with van der Waals surface area (Å²) in [4.78, 5) is 21.8. The number of carbonyl (C=O) groups is 1. The van der Waals surface area contributed by atoms with Crippen LogP contribution in [0.3, 0.4) is 0 Å². The summed E-state index contributed by atoms with van der Waals surface area (Å²) in [6.07, 6.45) is 4.80. The summed E-state index contributed by atoms with van der Waals surface area (Å²) >= 11 is 1.51. The number of rotatable bonds is 10. The van der Waals surface area contributed by atoms with E-state index in [0.717, 1.165) is 47.5 Å². The average molecular weight is 470 g/mol. The molecule has 0 aromatic carbocycles. The smallest absolute Gasteiger partial charge is 0.182 e. The first kappa shape index (κ1) is 23.6. The molecule has 1 aliphatic rings. The molecular weight excluding hydrogens is 434 g/mol. The van der Waals surface area contributed by atoms with Crippen molar-refractivity contribution in [2.75, 3.05) is 30.3 Å². The van der Waals surface area contributed by atoms with Crippen LogP contribution in [-0.2, 0) is 6.54 Å². The topological polar surface area (TPSA) is 96.2 Å². The van der Waals surface area contributed by atoms with E-state index < -0.39 is 0 Å². The highest BCUT2D eigenvalue weighted by molar-refractivity contribution is 7.09. The SMILES string of the molecule is CC(C)CC(=O)c1csc(CNc2cc(NCC3CCNCC3)nc3c(C(C)C)cnn23)n1. The second-order valence-electron chi connectivity index (χ2n) is 9.59. The van der Waals surface area contributed by atoms with E-state index in [4.69, 9.17) is 4.98 Å². The second kappa shape index (κ2) is 10.6. The molecule has 3 aromatic rings. The Morgan fingerprint density at radius 3 is 2.73 bits per heavy atom. The number of carbonyl (C=O) groups excluding carboxylic acids is 1. The zero-order chi connectivity index (χ0) is 23.4. The Morgan fingerprint density at radius 2 is 2.00 bits per heavy atom. The van der Waals surface area contributed by atoms with Crippen molar-refractivity contribution in [2.24, 2.45) is 11.8 Å². The fourth-order valence-corrected chi connectivity index (χ4v) is 4.84. The number of ketones is 1. The van der Waals surface area contributed by atoms with E-state index in [1.54, 1.807) is 0 Å². The van der Waals surface area contributed by atoms with E-state index >= 15 is 0 Å². The highest BCUT2D eigenvalue weighted by atomic mass is 32.1. The summed E-state index contributed by atoms with van der Waals surface area (Å²) in [7, 11) is 0. The molecule has 3 N–H and O–H groups in total. The number of hydrogen-bond donors (Lipinski definition) is 3. The van der Waals surface area contributed by atoms with Crippen LogP contribution < -0.4 is 16.0 Å². The minimum absolute atomic E-state index is 0.108. The number of hydrogen-bond acceptors (Lipinski definition) is 8. The third-order valence-corrected chi connectivity index (χ3v) is 6.85. The van der Waals surface area contributed by atoms with Gasteiger partial charge in [0.2, 0.25) is 0 Å². The van der Waals surface area contributed by atoms with Gasteiger partial charge in [0.25, 0.3) is 0 Å². The van der Waals surface area contributed by atoms with Gasteiger partial charge < -0.3 is 16.0 Å². The molecule has 4 rings (SSSR count). The predicted molar refractivity (Wildman–Crippen MR) is 134 cm³/mol. The lowest BCUT2D eigenvalue weighted by molar-refractivity contribution is 0.0963. The van der Waals surface area contributed by atoms with Gasteiger partial charge in [0, 0.05) is 30.0 Å². The molecule has 178 valence electrons. The van der Waals surface area contributed by atoms with Crippen molar-refractivity contribution in [1.82, 2.24) is 24.9 Å².